The van der Waals surface area contributed by atoms with Crippen molar-refractivity contribution in [1.29, 1.82) is 0 Å². The van der Waals surface area contributed by atoms with Crippen LogP contribution in [0.25, 0.3) is 0 Å². The molecule has 1 N–H and O–H groups in total. The molecule has 0 heterocycles. The van der Waals surface area contributed by atoms with Gasteiger partial charge in [-0.3, -0.25) is 13.9 Å². The van der Waals surface area contributed by atoms with Crippen LogP contribution in [0.3, 0.4) is 0 Å². The fourth-order valence-corrected chi connectivity index (χ4v) is 4.05. The highest BCUT2D eigenvalue weighted by Crippen LogP contribution is 2.22. The molecule has 180 valence electrons. The summed E-state index contributed by atoms with van der Waals surface area (Å²) in [5.74, 6) is -1.58. The molecule has 2 rings (SSSR count). The first-order valence-corrected chi connectivity index (χ1v) is 12.7. The maximum absolute atomic E-state index is 14.4. The molecule has 33 heavy (non-hydrogen) atoms. The molecule has 0 aliphatic heterocycles. The van der Waals surface area contributed by atoms with Crippen LogP contribution in [0.15, 0.2) is 48.5 Å². The van der Waals surface area contributed by atoms with E-state index >= 15 is 0 Å². The number of amides is 2. The van der Waals surface area contributed by atoms with E-state index < -0.39 is 34.3 Å². The summed E-state index contributed by atoms with van der Waals surface area (Å²) in [5.41, 5.74) is 0.463. The first-order chi connectivity index (χ1) is 15.4. The monoisotopic (exact) mass is 497 g/mol. The smallest absolute Gasteiger partial charge is 0.244 e. The number of hydrogen-bond acceptors (Lipinski definition) is 4. The number of hydrogen-bond donors (Lipinski definition) is 1. The number of sulfonamides is 1. The van der Waals surface area contributed by atoms with Crippen molar-refractivity contribution in [3.63, 3.8) is 0 Å². The zero-order chi connectivity index (χ0) is 24.8. The second-order valence-corrected chi connectivity index (χ2v) is 10.5. The molecule has 0 spiro atoms. The Balaban J connectivity index is 2.36. The minimum absolute atomic E-state index is 0.0428. The van der Waals surface area contributed by atoms with Gasteiger partial charge in [0.25, 0.3) is 0 Å². The molecule has 0 aromatic heterocycles. The first kappa shape index (κ1) is 26.6. The zero-order valence-corrected chi connectivity index (χ0v) is 20.7. The summed E-state index contributed by atoms with van der Waals surface area (Å²) in [7, 11) is -3.99. The van der Waals surface area contributed by atoms with Crippen molar-refractivity contribution >= 4 is 39.1 Å². The Morgan fingerprint density at radius 2 is 1.67 bits per heavy atom. The number of carbonyl (C=O) groups is 2. The van der Waals surface area contributed by atoms with Gasteiger partial charge in [0, 0.05) is 18.1 Å². The molecule has 1 atom stereocenters. The largest absolute Gasteiger partial charge is 0.354 e. The van der Waals surface area contributed by atoms with E-state index in [2.05, 4.69) is 5.32 Å². The molecule has 0 fully saturated rings. The van der Waals surface area contributed by atoms with E-state index in [9.17, 15) is 22.4 Å². The topological polar surface area (TPSA) is 86.8 Å². The number of nitrogens with zero attached hydrogens (tertiary/aromatic N) is 2. The van der Waals surface area contributed by atoms with Crippen molar-refractivity contribution in [2.75, 3.05) is 23.7 Å². The van der Waals surface area contributed by atoms with Gasteiger partial charge in [-0.2, -0.15) is 0 Å². The van der Waals surface area contributed by atoms with Crippen LogP contribution in [-0.4, -0.2) is 50.5 Å². The van der Waals surface area contributed by atoms with E-state index in [1.54, 1.807) is 31.2 Å². The third-order valence-corrected chi connectivity index (χ3v) is 6.30. The minimum atomic E-state index is -3.99. The lowest BCUT2D eigenvalue weighted by Gasteiger charge is -2.31. The molecule has 2 aromatic carbocycles. The maximum Gasteiger partial charge on any atom is 0.244 e. The van der Waals surface area contributed by atoms with Crippen LogP contribution in [0.4, 0.5) is 10.1 Å². The number of halogens is 2. The molecule has 0 unspecified atom stereocenters. The van der Waals surface area contributed by atoms with Gasteiger partial charge in [0.15, 0.2) is 0 Å². The van der Waals surface area contributed by atoms with Gasteiger partial charge in [0.05, 0.1) is 11.9 Å². The van der Waals surface area contributed by atoms with E-state index in [1.165, 1.54) is 23.1 Å². The van der Waals surface area contributed by atoms with E-state index in [0.717, 1.165) is 12.3 Å². The molecule has 2 amide bonds. The van der Waals surface area contributed by atoms with Crippen molar-refractivity contribution in [3.05, 3.63) is 64.9 Å². The van der Waals surface area contributed by atoms with Crippen molar-refractivity contribution < 1.29 is 22.4 Å². The second kappa shape index (κ2) is 11.5. The molecule has 7 nitrogen and oxygen atoms in total. The zero-order valence-electron chi connectivity index (χ0n) is 19.1. The van der Waals surface area contributed by atoms with Crippen LogP contribution < -0.4 is 9.62 Å². The molecule has 10 heteroatoms. The molecule has 0 saturated carbocycles. The highest BCUT2D eigenvalue weighted by Gasteiger charge is 2.31. The minimum Gasteiger partial charge on any atom is -0.354 e. The standard InChI is InChI=1S/C23H29ClFN3O4S/c1-16(2)13-26-23(30)17(3)27(14-18-9-11-19(24)12-10-18)22(29)15-28(33(4,31)32)21-8-6-5-7-20(21)25/h5-12,16-17H,13-15H2,1-4H3,(H,26,30)/t17-/m0/s1. The van der Waals surface area contributed by atoms with Gasteiger partial charge in [-0.15, -0.1) is 0 Å². The number of carbonyl (C=O) groups excluding carboxylic acids is 2. The van der Waals surface area contributed by atoms with Gasteiger partial charge in [0.2, 0.25) is 21.8 Å². The highest BCUT2D eigenvalue weighted by molar-refractivity contribution is 7.92. The summed E-state index contributed by atoms with van der Waals surface area (Å²) < 4.78 is 39.9. The van der Waals surface area contributed by atoms with Crippen LogP contribution >= 0.6 is 11.6 Å². The fraction of sp³-hybridized carbons (Fsp3) is 0.391. The van der Waals surface area contributed by atoms with E-state index in [-0.39, 0.29) is 24.1 Å². The van der Waals surface area contributed by atoms with Crippen LogP contribution in [0, 0.1) is 11.7 Å². The summed E-state index contributed by atoms with van der Waals surface area (Å²) >= 11 is 5.94. The number of nitrogens with one attached hydrogen (secondary N) is 1. The van der Waals surface area contributed by atoms with Crippen LogP contribution in [-0.2, 0) is 26.2 Å². The number of benzene rings is 2. The van der Waals surface area contributed by atoms with Crippen LogP contribution in [0.2, 0.25) is 5.02 Å². The fourth-order valence-electron chi connectivity index (χ4n) is 3.07. The Bertz CT molecular complexity index is 1080. The molecule has 0 bridgehead atoms. The van der Waals surface area contributed by atoms with Crippen LogP contribution in [0.5, 0.6) is 0 Å². The third kappa shape index (κ3) is 7.71. The van der Waals surface area contributed by atoms with Crippen molar-refractivity contribution in [2.45, 2.75) is 33.4 Å². The Morgan fingerprint density at radius 1 is 1.06 bits per heavy atom. The van der Waals surface area contributed by atoms with E-state index in [0.29, 0.717) is 21.4 Å². The van der Waals surface area contributed by atoms with Gasteiger partial charge in [0.1, 0.15) is 18.4 Å². The lowest BCUT2D eigenvalue weighted by atomic mass is 10.1. The predicted octanol–water partition coefficient (Wildman–Crippen LogP) is 3.43. The average molecular weight is 498 g/mol. The molecular weight excluding hydrogens is 469 g/mol. The first-order valence-electron chi connectivity index (χ1n) is 10.4. The van der Waals surface area contributed by atoms with Gasteiger partial charge < -0.3 is 10.2 Å². The summed E-state index contributed by atoms with van der Waals surface area (Å²) in [6, 6.07) is 11.2. The number of anilines is 1. The molecule has 0 saturated heterocycles. The van der Waals surface area contributed by atoms with Crippen molar-refractivity contribution in [1.82, 2.24) is 10.2 Å². The van der Waals surface area contributed by atoms with Gasteiger partial charge in [-0.05, 0) is 42.7 Å². The third-order valence-electron chi connectivity index (χ3n) is 4.92. The molecule has 2 aromatic rings. The van der Waals surface area contributed by atoms with Crippen LogP contribution in [0.1, 0.15) is 26.3 Å². The maximum atomic E-state index is 14.4. The lowest BCUT2D eigenvalue weighted by Crippen LogP contribution is -2.51. The SMILES string of the molecule is CC(C)CNC(=O)[C@H](C)N(Cc1ccc(Cl)cc1)C(=O)CN(c1ccccc1F)S(C)(=O)=O. The second-order valence-electron chi connectivity index (χ2n) is 8.18. The lowest BCUT2D eigenvalue weighted by molar-refractivity contribution is -0.139. The quantitative estimate of drug-likeness (QED) is 0.544. The Labute approximate surface area is 199 Å². The van der Waals surface area contributed by atoms with Crippen molar-refractivity contribution in [2.24, 2.45) is 5.92 Å². The molecule has 0 aliphatic carbocycles. The normalized spacial score (nSPS) is 12.3. The molecule has 0 radical (unpaired) electrons. The van der Waals surface area contributed by atoms with E-state index in [1.807, 2.05) is 13.8 Å². The molecular formula is C23H29ClFN3O4S. The summed E-state index contributed by atoms with van der Waals surface area (Å²) in [6.07, 6.45) is 0.898. The van der Waals surface area contributed by atoms with Gasteiger partial charge >= 0.3 is 0 Å². The Morgan fingerprint density at radius 3 is 2.21 bits per heavy atom. The highest BCUT2D eigenvalue weighted by atomic mass is 35.5. The van der Waals surface area contributed by atoms with Gasteiger partial charge in [-0.1, -0.05) is 49.7 Å². The van der Waals surface area contributed by atoms with Crippen molar-refractivity contribution in [3.8, 4) is 0 Å². The molecule has 0 aliphatic rings. The summed E-state index contributed by atoms with van der Waals surface area (Å²) in [4.78, 5) is 27.3. The van der Waals surface area contributed by atoms with E-state index in [4.69, 9.17) is 11.6 Å². The number of para-hydroxylation sites is 1. The summed E-state index contributed by atoms with van der Waals surface area (Å²) in [5, 5.41) is 3.31. The van der Waals surface area contributed by atoms with Gasteiger partial charge in [-0.25, -0.2) is 12.8 Å². The Hall–Kier alpha value is -2.65. The Kier molecular flexibility index (Phi) is 9.25. The number of rotatable bonds is 10. The average Bonchev–Trinajstić information content (AvgIpc) is 2.74. The summed E-state index contributed by atoms with van der Waals surface area (Å²) in [6.45, 7) is 5.27. The predicted molar refractivity (Wildman–Crippen MR) is 128 cm³/mol.